The maximum Gasteiger partial charge on any atom is 0.270 e. The van der Waals surface area contributed by atoms with Crippen molar-refractivity contribution in [2.75, 3.05) is 18.0 Å². The molecule has 112 valence electrons. The minimum Gasteiger partial charge on any atom is -0.357 e. The van der Waals surface area contributed by atoms with Crippen molar-refractivity contribution in [3.8, 4) is 0 Å². The van der Waals surface area contributed by atoms with Crippen molar-refractivity contribution in [3.63, 3.8) is 0 Å². The van der Waals surface area contributed by atoms with E-state index in [4.69, 9.17) is 0 Å². The summed E-state index contributed by atoms with van der Waals surface area (Å²) in [5, 5.41) is 2.92. The molecule has 20 heavy (non-hydrogen) atoms. The van der Waals surface area contributed by atoms with E-state index in [0.717, 1.165) is 31.7 Å². The lowest BCUT2D eigenvalue weighted by atomic mass is 10.1. The van der Waals surface area contributed by atoms with Crippen molar-refractivity contribution < 1.29 is 4.79 Å². The summed E-state index contributed by atoms with van der Waals surface area (Å²) >= 11 is 0. The number of hydrogen-bond acceptors (Lipinski definition) is 4. The molecule has 1 heterocycles. The minimum absolute atomic E-state index is 0.158. The van der Waals surface area contributed by atoms with Crippen molar-refractivity contribution in [1.82, 2.24) is 15.3 Å². The molecule has 0 bridgehead atoms. The number of anilines is 1. The highest BCUT2D eigenvalue weighted by atomic mass is 16.2. The molecule has 0 saturated carbocycles. The van der Waals surface area contributed by atoms with Gasteiger partial charge in [0.15, 0.2) is 0 Å². The SMILES string of the molecule is CCCN(CCC)c1cc(C(=O)NC(C)(C)C)ncn1. The fourth-order valence-corrected chi connectivity index (χ4v) is 1.93. The largest absolute Gasteiger partial charge is 0.357 e. The van der Waals surface area contributed by atoms with Crippen LogP contribution in [0.5, 0.6) is 0 Å². The van der Waals surface area contributed by atoms with Crippen LogP contribution < -0.4 is 10.2 Å². The molecule has 5 heteroatoms. The van der Waals surface area contributed by atoms with E-state index in [0.29, 0.717) is 5.69 Å². The number of amides is 1. The van der Waals surface area contributed by atoms with Crippen LogP contribution in [0.4, 0.5) is 5.82 Å². The van der Waals surface area contributed by atoms with Crippen LogP contribution in [0, 0.1) is 0 Å². The molecule has 1 aromatic rings. The van der Waals surface area contributed by atoms with Crippen LogP contribution in [-0.2, 0) is 0 Å². The van der Waals surface area contributed by atoms with Crippen LogP contribution in [0.1, 0.15) is 57.9 Å². The van der Waals surface area contributed by atoms with E-state index < -0.39 is 0 Å². The van der Waals surface area contributed by atoms with Crippen molar-refractivity contribution in [2.24, 2.45) is 0 Å². The van der Waals surface area contributed by atoms with Crippen molar-refractivity contribution in [3.05, 3.63) is 18.1 Å². The number of hydrogen-bond donors (Lipinski definition) is 1. The smallest absolute Gasteiger partial charge is 0.270 e. The highest BCUT2D eigenvalue weighted by molar-refractivity contribution is 5.93. The number of carbonyl (C=O) groups is 1. The highest BCUT2D eigenvalue weighted by Gasteiger charge is 2.17. The molecule has 1 N–H and O–H groups in total. The number of nitrogens with zero attached hydrogens (tertiary/aromatic N) is 3. The Morgan fingerprint density at radius 3 is 2.30 bits per heavy atom. The molecule has 0 aliphatic rings. The van der Waals surface area contributed by atoms with Gasteiger partial charge in [0.25, 0.3) is 5.91 Å². The zero-order valence-electron chi connectivity index (χ0n) is 13.2. The maximum absolute atomic E-state index is 12.1. The third kappa shape index (κ3) is 5.15. The fourth-order valence-electron chi connectivity index (χ4n) is 1.93. The molecule has 0 saturated heterocycles. The minimum atomic E-state index is -0.269. The average molecular weight is 278 g/mol. The second kappa shape index (κ2) is 7.22. The zero-order valence-corrected chi connectivity index (χ0v) is 13.2. The Labute approximate surface area is 121 Å². The third-order valence-corrected chi connectivity index (χ3v) is 2.68. The van der Waals surface area contributed by atoms with E-state index in [-0.39, 0.29) is 11.4 Å². The molecule has 1 rings (SSSR count). The molecule has 5 nitrogen and oxygen atoms in total. The van der Waals surface area contributed by atoms with E-state index in [1.54, 1.807) is 6.07 Å². The van der Waals surface area contributed by atoms with Gasteiger partial charge in [-0.15, -0.1) is 0 Å². The first-order valence-electron chi connectivity index (χ1n) is 7.27. The van der Waals surface area contributed by atoms with Gasteiger partial charge >= 0.3 is 0 Å². The Kier molecular flexibility index (Phi) is 5.92. The Morgan fingerprint density at radius 2 is 1.80 bits per heavy atom. The molecule has 0 aliphatic carbocycles. The summed E-state index contributed by atoms with van der Waals surface area (Å²) in [4.78, 5) is 22.7. The predicted molar refractivity (Wildman–Crippen MR) is 82.0 cm³/mol. The van der Waals surface area contributed by atoms with Crippen LogP contribution in [0.2, 0.25) is 0 Å². The zero-order chi connectivity index (χ0) is 15.2. The molecule has 0 atom stereocenters. The van der Waals surface area contributed by atoms with Gasteiger partial charge in [0.05, 0.1) is 0 Å². The molecule has 0 aromatic carbocycles. The van der Waals surface area contributed by atoms with E-state index in [1.807, 2.05) is 20.8 Å². The maximum atomic E-state index is 12.1. The van der Waals surface area contributed by atoms with E-state index >= 15 is 0 Å². The quantitative estimate of drug-likeness (QED) is 0.869. The van der Waals surface area contributed by atoms with Crippen molar-refractivity contribution in [2.45, 2.75) is 53.0 Å². The Balaban J connectivity index is 2.91. The topological polar surface area (TPSA) is 58.1 Å². The third-order valence-electron chi connectivity index (χ3n) is 2.68. The lowest BCUT2D eigenvalue weighted by molar-refractivity contribution is 0.0914. The first-order chi connectivity index (χ1) is 9.37. The van der Waals surface area contributed by atoms with Crippen molar-refractivity contribution >= 4 is 11.7 Å². The number of rotatable bonds is 6. The molecule has 1 amide bonds. The molecule has 0 radical (unpaired) electrons. The lowest BCUT2D eigenvalue weighted by Gasteiger charge is -2.23. The predicted octanol–water partition coefficient (Wildman–Crippen LogP) is 2.63. The summed E-state index contributed by atoms with van der Waals surface area (Å²) in [7, 11) is 0. The summed E-state index contributed by atoms with van der Waals surface area (Å²) in [5.41, 5.74) is 0.150. The van der Waals surface area contributed by atoms with Gasteiger partial charge < -0.3 is 10.2 Å². The van der Waals surface area contributed by atoms with Gasteiger partial charge in [-0.3, -0.25) is 4.79 Å². The number of aromatic nitrogens is 2. The summed E-state index contributed by atoms with van der Waals surface area (Å²) in [6, 6.07) is 1.77. The van der Waals surface area contributed by atoms with Crippen LogP contribution in [0.25, 0.3) is 0 Å². The molecule has 0 aliphatic heterocycles. The van der Waals surface area contributed by atoms with Crippen LogP contribution in [0.3, 0.4) is 0 Å². The fraction of sp³-hybridized carbons (Fsp3) is 0.667. The second-order valence-electron chi connectivity index (χ2n) is 5.95. The van der Waals surface area contributed by atoms with Gasteiger partial charge in [0.1, 0.15) is 17.8 Å². The van der Waals surface area contributed by atoms with Gasteiger partial charge in [0, 0.05) is 24.7 Å². The highest BCUT2D eigenvalue weighted by Crippen LogP contribution is 2.13. The first-order valence-corrected chi connectivity index (χ1v) is 7.27. The van der Waals surface area contributed by atoms with E-state index in [1.165, 1.54) is 6.33 Å². The lowest BCUT2D eigenvalue weighted by Crippen LogP contribution is -2.41. The van der Waals surface area contributed by atoms with Crippen LogP contribution in [-0.4, -0.2) is 34.5 Å². The molecular formula is C15H26N4O. The molecular weight excluding hydrogens is 252 g/mol. The first kappa shape index (κ1) is 16.4. The standard InChI is InChI=1S/C15H26N4O/c1-6-8-19(9-7-2)13-10-12(16-11-17-13)14(20)18-15(3,4)5/h10-11H,6-9H2,1-5H3,(H,18,20). The summed E-state index contributed by atoms with van der Waals surface area (Å²) < 4.78 is 0. The van der Waals surface area contributed by atoms with E-state index in [2.05, 4.69) is 34.0 Å². The van der Waals surface area contributed by atoms with Crippen molar-refractivity contribution in [1.29, 1.82) is 0 Å². The molecule has 0 fully saturated rings. The second-order valence-corrected chi connectivity index (χ2v) is 5.95. The molecule has 0 unspecified atom stereocenters. The van der Waals surface area contributed by atoms with Gasteiger partial charge in [-0.2, -0.15) is 0 Å². The summed E-state index contributed by atoms with van der Waals surface area (Å²) in [6.07, 6.45) is 3.56. The van der Waals surface area contributed by atoms with E-state index in [9.17, 15) is 4.79 Å². The number of nitrogens with one attached hydrogen (secondary N) is 1. The van der Waals surface area contributed by atoms with Gasteiger partial charge in [-0.05, 0) is 33.6 Å². The molecule has 1 aromatic heterocycles. The monoisotopic (exact) mass is 278 g/mol. The summed E-state index contributed by atoms with van der Waals surface area (Å²) in [6.45, 7) is 12.0. The Bertz CT molecular complexity index is 434. The van der Waals surface area contributed by atoms with Crippen LogP contribution in [0.15, 0.2) is 12.4 Å². The Hall–Kier alpha value is -1.65. The number of carbonyl (C=O) groups excluding carboxylic acids is 1. The van der Waals surface area contributed by atoms with Gasteiger partial charge in [0.2, 0.25) is 0 Å². The Morgan fingerprint density at radius 1 is 1.20 bits per heavy atom. The van der Waals surface area contributed by atoms with Gasteiger partial charge in [-0.25, -0.2) is 9.97 Å². The molecule has 0 spiro atoms. The van der Waals surface area contributed by atoms with Gasteiger partial charge in [-0.1, -0.05) is 13.8 Å². The normalized spacial score (nSPS) is 11.2. The van der Waals surface area contributed by atoms with Crippen LogP contribution >= 0.6 is 0 Å². The summed E-state index contributed by atoms with van der Waals surface area (Å²) in [5.74, 6) is 0.664. The average Bonchev–Trinajstić information content (AvgIpc) is 2.37.